The molecule has 1 aliphatic heterocycles. The van der Waals surface area contributed by atoms with Gasteiger partial charge in [-0.25, -0.2) is 4.63 Å². The lowest BCUT2D eigenvalue weighted by Gasteiger charge is -2.35. The number of rotatable bonds is 4. The van der Waals surface area contributed by atoms with Crippen molar-refractivity contribution in [3.63, 3.8) is 0 Å². The number of hydrogen-bond acceptors (Lipinski definition) is 5. The maximum absolute atomic E-state index is 12.2. The number of carbonyl (C=O) groups is 1. The highest BCUT2D eigenvalue weighted by molar-refractivity contribution is 5.78. The lowest BCUT2D eigenvalue weighted by atomic mass is 9.94. The quantitative estimate of drug-likeness (QED) is 0.913. The van der Waals surface area contributed by atoms with Crippen molar-refractivity contribution in [2.75, 3.05) is 13.1 Å². The molecule has 1 aromatic heterocycles. The topological polar surface area (TPSA) is 71.3 Å². The van der Waals surface area contributed by atoms with Crippen LogP contribution in [-0.2, 0) is 11.3 Å². The molecule has 1 N–H and O–H groups in total. The summed E-state index contributed by atoms with van der Waals surface area (Å²) in [5.74, 6) is 0.284. The molecule has 0 aromatic carbocycles. The average Bonchev–Trinajstić information content (AvgIpc) is 3.17. The molecule has 2 aliphatic rings. The summed E-state index contributed by atoms with van der Waals surface area (Å²) >= 11 is 0. The minimum atomic E-state index is 0.141. The molecule has 0 atom stereocenters. The van der Waals surface area contributed by atoms with E-state index in [4.69, 9.17) is 0 Å². The van der Waals surface area contributed by atoms with Gasteiger partial charge in [0.1, 0.15) is 11.4 Å². The summed E-state index contributed by atoms with van der Waals surface area (Å²) in [5, 5.41) is 10.5. The Bertz CT molecular complexity index is 474. The zero-order valence-electron chi connectivity index (χ0n) is 12.7. The van der Waals surface area contributed by atoms with Crippen LogP contribution in [0.5, 0.6) is 0 Å². The maximum atomic E-state index is 12.2. The molecule has 3 rings (SSSR count). The van der Waals surface area contributed by atoms with Gasteiger partial charge in [0.25, 0.3) is 0 Å². The third-order valence-corrected chi connectivity index (χ3v) is 4.92. The fourth-order valence-electron chi connectivity index (χ4n) is 3.52. The van der Waals surface area contributed by atoms with E-state index in [1.807, 2.05) is 6.92 Å². The summed E-state index contributed by atoms with van der Waals surface area (Å²) in [6.07, 6.45) is 7.37. The summed E-state index contributed by atoms with van der Waals surface area (Å²) in [6.45, 7) is 4.37. The fraction of sp³-hybridized carbons (Fsp3) is 0.800. The zero-order chi connectivity index (χ0) is 14.7. The predicted molar refractivity (Wildman–Crippen MR) is 77.4 cm³/mol. The Morgan fingerprint density at radius 2 is 1.95 bits per heavy atom. The van der Waals surface area contributed by atoms with Gasteiger partial charge in [0.2, 0.25) is 5.91 Å². The van der Waals surface area contributed by atoms with Gasteiger partial charge < -0.3 is 10.2 Å². The molecule has 1 aliphatic carbocycles. The number of aromatic nitrogens is 2. The molecular formula is C15H24N4O2. The Kier molecular flexibility index (Phi) is 4.53. The number of hydrogen-bond donors (Lipinski definition) is 1. The summed E-state index contributed by atoms with van der Waals surface area (Å²) in [5.41, 5.74) is 1.46. The van der Waals surface area contributed by atoms with Crippen molar-refractivity contribution in [2.24, 2.45) is 5.92 Å². The van der Waals surface area contributed by atoms with Gasteiger partial charge in [-0.1, -0.05) is 23.2 Å². The molecule has 0 spiro atoms. The van der Waals surface area contributed by atoms with E-state index in [9.17, 15) is 4.79 Å². The van der Waals surface area contributed by atoms with E-state index in [1.165, 1.54) is 25.7 Å². The molecule has 1 amide bonds. The molecular weight excluding hydrogens is 268 g/mol. The Morgan fingerprint density at radius 3 is 2.57 bits per heavy atom. The molecule has 1 saturated carbocycles. The largest absolute Gasteiger partial charge is 0.350 e. The first-order valence-corrected chi connectivity index (χ1v) is 8.04. The van der Waals surface area contributed by atoms with Crippen LogP contribution in [0.2, 0.25) is 0 Å². The summed E-state index contributed by atoms with van der Waals surface area (Å²) in [7, 11) is 0. The van der Waals surface area contributed by atoms with Crippen LogP contribution in [0.25, 0.3) is 0 Å². The lowest BCUT2D eigenvalue weighted by molar-refractivity contribution is -0.126. The normalized spacial score (nSPS) is 21.8. The molecule has 116 valence electrons. The Labute approximate surface area is 125 Å². The molecule has 1 saturated heterocycles. The van der Waals surface area contributed by atoms with Gasteiger partial charge in [0, 0.05) is 12.0 Å². The monoisotopic (exact) mass is 292 g/mol. The molecule has 21 heavy (non-hydrogen) atoms. The van der Waals surface area contributed by atoms with Crippen molar-refractivity contribution in [2.45, 2.75) is 58.0 Å². The van der Waals surface area contributed by atoms with Gasteiger partial charge in [-0.15, -0.1) is 0 Å². The van der Waals surface area contributed by atoms with E-state index >= 15 is 0 Å². The zero-order valence-corrected chi connectivity index (χ0v) is 12.7. The molecule has 0 bridgehead atoms. The van der Waals surface area contributed by atoms with Crippen molar-refractivity contribution >= 4 is 5.91 Å². The van der Waals surface area contributed by atoms with E-state index < -0.39 is 0 Å². The van der Waals surface area contributed by atoms with Crippen LogP contribution in [0.1, 0.15) is 49.9 Å². The van der Waals surface area contributed by atoms with Crippen molar-refractivity contribution in [1.82, 2.24) is 20.5 Å². The Morgan fingerprint density at radius 1 is 1.24 bits per heavy atom. The van der Waals surface area contributed by atoms with Gasteiger partial charge in [-0.05, 0) is 45.7 Å². The highest BCUT2D eigenvalue weighted by Gasteiger charge is 2.29. The summed E-state index contributed by atoms with van der Waals surface area (Å²) in [4.78, 5) is 14.8. The van der Waals surface area contributed by atoms with Crippen molar-refractivity contribution in [3.05, 3.63) is 11.4 Å². The fourth-order valence-corrected chi connectivity index (χ4v) is 3.52. The highest BCUT2D eigenvalue weighted by atomic mass is 16.6. The first-order valence-electron chi connectivity index (χ1n) is 8.04. The van der Waals surface area contributed by atoms with Gasteiger partial charge in [0.15, 0.2) is 0 Å². The summed E-state index contributed by atoms with van der Waals surface area (Å²) in [6, 6.07) is 0.776. The van der Waals surface area contributed by atoms with Crippen molar-refractivity contribution in [1.29, 1.82) is 0 Å². The molecule has 2 heterocycles. The van der Waals surface area contributed by atoms with Gasteiger partial charge in [-0.2, -0.15) is 0 Å². The first-order chi connectivity index (χ1) is 10.2. The molecule has 6 heteroatoms. The van der Waals surface area contributed by atoms with Crippen LogP contribution in [-0.4, -0.2) is 40.3 Å². The molecule has 1 aromatic rings. The average molecular weight is 292 g/mol. The smallest absolute Gasteiger partial charge is 0.223 e. The van der Waals surface area contributed by atoms with Gasteiger partial charge in [-0.3, -0.25) is 4.79 Å². The third kappa shape index (κ3) is 3.43. The number of amides is 1. The second-order valence-electron chi connectivity index (χ2n) is 6.26. The van der Waals surface area contributed by atoms with E-state index in [0.29, 0.717) is 12.2 Å². The van der Waals surface area contributed by atoms with Gasteiger partial charge in [0.05, 0.1) is 6.54 Å². The van der Waals surface area contributed by atoms with Crippen LogP contribution in [0, 0.1) is 12.8 Å². The number of nitrogens with zero attached hydrogens (tertiary/aromatic N) is 3. The van der Waals surface area contributed by atoms with Crippen molar-refractivity contribution < 1.29 is 9.42 Å². The van der Waals surface area contributed by atoms with E-state index in [2.05, 4.69) is 25.2 Å². The Balaban J connectivity index is 1.43. The Hall–Kier alpha value is -1.43. The van der Waals surface area contributed by atoms with E-state index in [-0.39, 0.29) is 11.8 Å². The number of piperidine rings is 1. The van der Waals surface area contributed by atoms with E-state index in [1.54, 1.807) is 0 Å². The van der Waals surface area contributed by atoms with Crippen LogP contribution in [0.4, 0.5) is 0 Å². The lowest BCUT2D eigenvalue weighted by Crippen LogP contribution is -2.44. The highest BCUT2D eigenvalue weighted by Crippen LogP contribution is 2.27. The van der Waals surface area contributed by atoms with Crippen LogP contribution in [0.3, 0.4) is 0 Å². The minimum absolute atomic E-state index is 0.141. The number of aryl methyl sites for hydroxylation is 1. The second-order valence-corrected chi connectivity index (χ2v) is 6.26. The number of carbonyl (C=O) groups excluding carboxylic acids is 1. The molecule has 2 fully saturated rings. The second kappa shape index (κ2) is 6.56. The predicted octanol–water partition coefficient (Wildman–Crippen LogP) is 1.65. The SMILES string of the molecule is Cc1nonc1CNC(=O)C1CCN(C2CCCC2)CC1. The minimum Gasteiger partial charge on any atom is -0.350 e. The standard InChI is InChI=1S/C15H24N4O2/c1-11-14(18-21-17-11)10-16-15(20)12-6-8-19(9-7-12)13-4-2-3-5-13/h12-13H,2-10H2,1H3,(H,16,20). The van der Waals surface area contributed by atoms with Crippen LogP contribution < -0.4 is 5.32 Å². The number of likely N-dealkylation sites (tertiary alicyclic amines) is 1. The first kappa shape index (κ1) is 14.5. The molecule has 6 nitrogen and oxygen atoms in total. The maximum Gasteiger partial charge on any atom is 0.223 e. The van der Waals surface area contributed by atoms with Crippen LogP contribution in [0.15, 0.2) is 4.63 Å². The van der Waals surface area contributed by atoms with Crippen LogP contribution >= 0.6 is 0 Å². The molecule has 0 unspecified atom stereocenters. The molecule has 0 radical (unpaired) electrons. The van der Waals surface area contributed by atoms with Crippen molar-refractivity contribution in [3.8, 4) is 0 Å². The number of nitrogens with one attached hydrogen (secondary N) is 1. The third-order valence-electron chi connectivity index (χ3n) is 4.92. The summed E-state index contributed by atoms with van der Waals surface area (Å²) < 4.78 is 4.64. The van der Waals surface area contributed by atoms with E-state index in [0.717, 1.165) is 37.7 Å². The van der Waals surface area contributed by atoms with Gasteiger partial charge >= 0.3 is 0 Å².